The van der Waals surface area contributed by atoms with Crippen LogP contribution in [0.25, 0.3) is 0 Å². The quantitative estimate of drug-likeness (QED) is 0.880. The van der Waals surface area contributed by atoms with E-state index >= 15 is 0 Å². The van der Waals surface area contributed by atoms with Crippen molar-refractivity contribution in [2.24, 2.45) is 0 Å². The zero-order valence-corrected chi connectivity index (χ0v) is 11.2. The van der Waals surface area contributed by atoms with Crippen LogP contribution in [-0.2, 0) is 12.8 Å². The van der Waals surface area contributed by atoms with Crippen LogP contribution in [0.5, 0.6) is 0 Å². The molecule has 2 heterocycles. The van der Waals surface area contributed by atoms with Crippen LogP contribution < -0.4 is 11.1 Å². The number of aromatic nitrogens is 2. The van der Waals surface area contributed by atoms with Crippen molar-refractivity contribution in [2.75, 3.05) is 11.1 Å². The summed E-state index contributed by atoms with van der Waals surface area (Å²) in [6.45, 7) is 0. The predicted molar refractivity (Wildman–Crippen MR) is 75.4 cm³/mol. The number of thiazole rings is 1. The highest BCUT2D eigenvalue weighted by Gasteiger charge is 2.17. The summed E-state index contributed by atoms with van der Waals surface area (Å²) < 4.78 is 0. The zero-order valence-electron chi connectivity index (χ0n) is 10.3. The van der Waals surface area contributed by atoms with E-state index in [2.05, 4.69) is 15.3 Å². The third kappa shape index (κ3) is 2.58. The number of fused-ring (bicyclic) bond motifs is 1. The molecule has 0 aromatic carbocycles. The number of anilines is 2. The van der Waals surface area contributed by atoms with Crippen LogP contribution in [0.3, 0.4) is 0 Å². The Kier molecular flexibility index (Phi) is 3.16. The number of pyridine rings is 1. The lowest BCUT2D eigenvalue weighted by atomic mass is 10.0. The molecule has 2 aromatic rings. The maximum atomic E-state index is 12.0. The van der Waals surface area contributed by atoms with Crippen molar-refractivity contribution >= 4 is 28.1 Å². The fourth-order valence-corrected chi connectivity index (χ4v) is 3.15. The van der Waals surface area contributed by atoms with Gasteiger partial charge in [0, 0.05) is 4.88 Å². The molecule has 0 spiro atoms. The van der Waals surface area contributed by atoms with Crippen LogP contribution >= 0.6 is 11.3 Å². The minimum absolute atomic E-state index is 0.244. The smallest absolute Gasteiger partial charge is 0.276 e. The molecule has 1 aliphatic carbocycles. The number of hydrogen-bond acceptors (Lipinski definition) is 5. The lowest BCUT2D eigenvalue weighted by molar-refractivity contribution is 0.102. The van der Waals surface area contributed by atoms with Crippen LogP contribution in [0.2, 0.25) is 0 Å². The first-order valence-corrected chi connectivity index (χ1v) is 7.05. The van der Waals surface area contributed by atoms with Crippen molar-refractivity contribution in [2.45, 2.75) is 25.7 Å². The average molecular weight is 274 g/mol. The molecule has 0 bridgehead atoms. The molecule has 2 aromatic heterocycles. The Balaban J connectivity index is 1.75. The minimum Gasteiger partial charge on any atom is -0.397 e. The summed E-state index contributed by atoms with van der Waals surface area (Å²) in [4.78, 5) is 21.8. The van der Waals surface area contributed by atoms with E-state index in [-0.39, 0.29) is 5.91 Å². The number of amides is 1. The third-order valence-corrected chi connectivity index (χ3v) is 4.16. The predicted octanol–water partition coefficient (Wildman–Crippen LogP) is 2.25. The number of nitrogens with one attached hydrogen (secondary N) is 1. The molecule has 5 nitrogen and oxygen atoms in total. The van der Waals surface area contributed by atoms with Gasteiger partial charge in [0.2, 0.25) is 0 Å². The van der Waals surface area contributed by atoms with Crippen LogP contribution in [0.4, 0.5) is 10.8 Å². The average Bonchev–Trinajstić information content (AvgIpc) is 2.81. The number of hydrogen-bond donors (Lipinski definition) is 2. The Morgan fingerprint density at radius 2 is 2.16 bits per heavy atom. The van der Waals surface area contributed by atoms with Gasteiger partial charge in [-0.25, -0.2) is 9.97 Å². The van der Waals surface area contributed by atoms with Gasteiger partial charge in [0.05, 0.1) is 17.6 Å². The fraction of sp³-hybridized carbons (Fsp3) is 0.308. The summed E-state index contributed by atoms with van der Waals surface area (Å²) in [7, 11) is 0. The van der Waals surface area contributed by atoms with Gasteiger partial charge in [-0.15, -0.1) is 11.3 Å². The maximum Gasteiger partial charge on any atom is 0.276 e. The number of aryl methyl sites for hydroxylation is 2. The minimum atomic E-state index is -0.244. The lowest BCUT2D eigenvalue weighted by Crippen LogP contribution is -2.13. The van der Waals surface area contributed by atoms with Crippen molar-refractivity contribution in [3.05, 3.63) is 34.6 Å². The highest BCUT2D eigenvalue weighted by atomic mass is 32.1. The molecule has 0 unspecified atom stereocenters. The molecule has 3 N–H and O–H groups in total. The Morgan fingerprint density at radius 3 is 2.89 bits per heavy atom. The normalized spacial score (nSPS) is 13.9. The van der Waals surface area contributed by atoms with Gasteiger partial charge < -0.3 is 5.73 Å². The number of carbonyl (C=O) groups is 1. The molecule has 6 heteroatoms. The van der Waals surface area contributed by atoms with Crippen molar-refractivity contribution in [1.29, 1.82) is 0 Å². The van der Waals surface area contributed by atoms with Crippen molar-refractivity contribution < 1.29 is 4.79 Å². The molecule has 0 aliphatic heterocycles. The molecule has 19 heavy (non-hydrogen) atoms. The summed E-state index contributed by atoms with van der Waals surface area (Å²) in [5.74, 6) is -0.244. The van der Waals surface area contributed by atoms with Crippen LogP contribution in [0, 0.1) is 0 Å². The second-order valence-electron chi connectivity index (χ2n) is 4.53. The first-order chi connectivity index (χ1) is 9.22. The Hall–Kier alpha value is -1.95. The van der Waals surface area contributed by atoms with Gasteiger partial charge in [-0.3, -0.25) is 10.1 Å². The van der Waals surface area contributed by atoms with Crippen molar-refractivity contribution in [1.82, 2.24) is 9.97 Å². The summed E-state index contributed by atoms with van der Waals surface area (Å²) in [5.41, 5.74) is 7.57. The molecule has 3 rings (SSSR count). The number of nitrogens with two attached hydrogens (primary N) is 1. The van der Waals surface area contributed by atoms with E-state index in [0.717, 1.165) is 18.5 Å². The maximum absolute atomic E-state index is 12.0. The Morgan fingerprint density at radius 1 is 1.32 bits per heavy atom. The highest BCUT2D eigenvalue weighted by molar-refractivity contribution is 7.15. The topological polar surface area (TPSA) is 80.9 Å². The largest absolute Gasteiger partial charge is 0.397 e. The van der Waals surface area contributed by atoms with E-state index in [1.54, 1.807) is 23.5 Å². The van der Waals surface area contributed by atoms with E-state index in [1.165, 1.54) is 23.9 Å². The van der Waals surface area contributed by atoms with Gasteiger partial charge in [0.15, 0.2) is 5.13 Å². The van der Waals surface area contributed by atoms with Gasteiger partial charge in [-0.1, -0.05) is 0 Å². The second-order valence-corrected chi connectivity index (χ2v) is 5.61. The van der Waals surface area contributed by atoms with Gasteiger partial charge in [0.25, 0.3) is 5.91 Å². The van der Waals surface area contributed by atoms with Crippen molar-refractivity contribution in [3.8, 4) is 0 Å². The Labute approximate surface area is 114 Å². The van der Waals surface area contributed by atoms with Gasteiger partial charge in [-0.2, -0.15) is 0 Å². The highest BCUT2D eigenvalue weighted by Crippen LogP contribution is 2.29. The number of rotatable bonds is 2. The van der Waals surface area contributed by atoms with E-state index in [0.29, 0.717) is 16.5 Å². The van der Waals surface area contributed by atoms with E-state index in [4.69, 9.17) is 5.73 Å². The van der Waals surface area contributed by atoms with Crippen LogP contribution in [0.1, 0.15) is 33.9 Å². The lowest BCUT2D eigenvalue weighted by Gasteiger charge is -2.06. The molecule has 0 saturated heterocycles. The van der Waals surface area contributed by atoms with Crippen molar-refractivity contribution in [3.63, 3.8) is 0 Å². The van der Waals surface area contributed by atoms with E-state index in [9.17, 15) is 4.79 Å². The van der Waals surface area contributed by atoms with E-state index in [1.807, 2.05) is 0 Å². The number of carbonyl (C=O) groups excluding carboxylic acids is 1. The SMILES string of the molecule is Nc1ccc(C(=O)Nc2nc3c(s2)CCCC3)nc1. The van der Waals surface area contributed by atoms with Crippen LogP contribution in [-0.4, -0.2) is 15.9 Å². The fourth-order valence-electron chi connectivity index (χ4n) is 2.11. The Bertz CT molecular complexity index is 582. The molecule has 0 fully saturated rings. The molecule has 98 valence electrons. The summed E-state index contributed by atoms with van der Waals surface area (Å²) in [6, 6.07) is 3.27. The molecular formula is C13H14N4OS. The van der Waals surface area contributed by atoms with Gasteiger partial charge >= 0.3 is 0 Å². The number of nitrogen functional groups attached to an aromatic ring is 1. The summed E-state index contributed by atoms with van der Waals surface area (Å²) >= 11 is 1.57. The summed E-state index contributed by atoms with van der Waals surface area (Å²) in [5, 5.41) is 3.46. The van der Waals surface area contributed by atoms with Crippen LogP contribution in [0.15, 0.2) is 18.3 Å². The van der Waals surface area contributed by atoms with E-state index < -0.39 is 0 Å². The molecule has 0 radical (unpaired) electrons. The monoisotopic (exact) mass is 274 g/mol. The van der Waals surface area contributed by atoms with Gasteiger partial charge in [-0.05, 0) is 37.8 Å². The first-order valence-electron chi connectivity index (χ1n) is 6.24. The molecule has 0 atom stereocenters. The zero-order chi connectivity index (χ0) is 13.2. The first kappa shape index (κ1) is 12.1. The third-order valence-electron chi connectivity index (χ3n) is 3.09. The standard InChI is InChI=1S/C13H14N4OS/c14-8-5-6-10(15-7-8)12(18)17-13-16-9-3-1-2-4-11(9)19-13/h5-7H,1-4,14H2,(H,16,17,18). The molecular weight excluding hydrogens is 260 g/mol. The van der Waals surface area contributed by atoms with Gasteiger partial charge in [0.1, 0.15) is 5.69 Å². The molecule has 1 amide bonds. The molecule has 1 aliphatic rings. The number of nitrogens with zero attached hydrogens (tertiary/aromatic N) is 2. The summed E-state index contributed by atoms with van der Waals surface area (Å²) in [6.07, 6.45) is 5.96. The molecule has 0 saturated carbocycles. The second kappa shape index (κ2) is 4.97.